The third-order valence-corrected chi connectivity index (χ3v) is 5.52. The third kappa shape index (κ3) is 1.82. The van der Waals surface area contributed by atoms with Crippen LogP contribution in [0.5, 0.6) is 0 Å². The zero-order chi connectivity index (χ0) is 13.4. The molecule has 0 heteroatoms. The Morgan fingerprint density at radius 1 is 0.750 bits per heavy atom. The van der Waals surface area contributed by atoms with Gasteiger partial charge in [-0.3, -0.25) is 0 Å². The molecule has 1 atom stereocenters. The Morgan fingerprint density at radius 3 is 2.25 bits per heavy atom. The monoisotopic (exact) mass is 262 g/mol. The molecule has 0 heterocycles. The summed E-state index contributed by atoms with van der Waals surface area (Å²) in [5.41, 5.74) is 5.24. The molecule has 1 spiro atoms. The van der Waals surface area contributed by atoms with Gasteiger partial charge in [0, 0.05) is 5.92 Å². The van der Waals surface area contributed by atoms with Gasteiger partial charge in [-0.1, -0.05) is 73.9 Å². The zero-order valence-corrected chi connectivity index (χ0v) is 12.0. The Balaban J connectivity index is 1.81. The van der Waals surface area contributed by atoms with E-state index in [9.17, 15) is 0 Å². The molecular weight excluding hydrogens is 240 g/mol. The summed E-state index contributed by atoms with van der Waals surface area (Å²) in [7, 11) is 0. The Morgan fingerprint density at radius 2 is 1.45 bits per heavy atom. The number of rotatable bonds is 1. The number of benzene rings is 2. The maximum Gasteiger partial charge on any atom is 0.0101 e. The Kier molecular flexibility index (Phi) is 2.91. The zero-order valence-electron chi connectivity index (χ0n) is 12.0. The van der Waals surface area contributed by atoms with Crippen LogP contribution >= 0.6 is 0 Å². The SMILES string of the molecule is c1ccc(C2CC3(CCCCC3)c3ccccc32)cc1. The van der Waals surface area contributed by atoms with Crippen LogP contribution in [0.25, 0.3) is 0 Å². The van der Waals surface area contributed by atoms with E-state index in [0.29, 0.717) is 11.3 Å². The summed E-state index contributed by atoms with van der Waals surface area (Å²) in [6.07, 6.45) is 8.38. The van der Waals surface area contributed by atoms with Crippen LogP contribution in [0.2, 0.25) is 0 Å². The fourth-order valence-corrected chi connectivity index (χ4v) is 4.58. The highest BCUT2D eigenvalue weighted by atomic mass is 14.5. The fraction of sp³-hybridized carbons (Fsp3) is 0.400. The van der Waals surface area contributed by atoms with E-state index in [1.54, 1.807) is 11.1 Å². The summed E-state index contributed by atoms with van der Waals surface area (Å²) in [4.78, 5) is 0. The van der Waals surface area contributed by atoms with Gasteiger partial charge in [-0.25, -0.2) is 0 Å². The van der Waals surface area contributed by atoms with Crippen molar-refractivity contribution >= 4 is 0 Å². The molecule has 1 fully saturated rings. The molecule has 0 N–H and O–H groups in total. The van der Waals surface area contributed by atoms with Gasteiger partial charge in [0.25, 0.3) is 0 Å². The first-order chi connectivity index (χ1) is 9.89. The van der Waals surface area contributed by atoms with Gasteiger partial charge in [0.1, 0.15) is 0 Å². The van der Waals surface area contributed by atoms with E-state index in [1.165, 1.54) is 44.1 Å². The number of hydrogen-bond donors (Lipinski definition) is 0. The number of hydrogen-bond acceptors (Lipinski definition) is 0. The first-order valence-corrected chi connectivity index (χ1v) is 8.03. The summed E-state index contributed by atoms with van der Waals surface area (Å²) in [5.74, 6) is 0.616. The van der Waals surface area contributed by atoms with Gasteiger partial charge in [-0.2, -0.15) is 0 Å². The van der Waals surface area contributed by atoms with Crippen LogP contribution in [-0.2, 0) is 5.41 Å². The molecule has 0 nitrogen and oxygen atoms in total. The van der Waals surface area contributed by atoms with Gasteiger partial charge in [0.15, 0.2) is 0 Å². The predicted octanol–water partition coefficient (Wildman–Crippen LogP) is 5.42. The smallest absolute Gasteiger partial charge is 0.0101 e. The number of fused-ring (bicyclic) bond motifs is 2. The molecule has 2 aliphatic rings. The van der Waals surface area contributed by atoms with Gasteiger partial charge in [0.05, 0.1) is 0 Å². The Hall–Kier alpha value is -1.56. The van der Waals surface area contributed by atoms with Crippen LogP contribution in [0.3, 0.4) is 0 Å². The molecule has 4 rings (SSSR count). The van der Waals surface area contributed by atoms with Crippen molar-refractivity contribution in [2.75, 3.05) is 0 Å². The van der Waals surface area contributed by atoms with E-state index in [-0.39, 0.29) is 0 Å². The largest absolute Gasteiger partial charge is 0.0622 e. The van der Waals surface area contributed by atoms with Crippen molar-refractivity contribution in [3.05, 3.63) is 71.3 Å². The molecular formula is C20H22. The molecule has 20 heavy (non-hydrogen) atoms. The minimum atomic E-state index is 0.481. The summed E-state index contributed by atoms with van der Waals surface area (Å²) in [6.45, 7) is 0. The molecule has 1 saturated carbocycles. The maximum atomic E-state index is 2.41. The van der Waals surface area contributed by atoms with E-state index in [0.717, 1.165) is 0 Å². The molecule has 2 aliphatic carbocycles. The molecule has 0 aliphatic heterocycles. The third-order valence-electron chi connectivity index (χ3n) is 5.52. The van der Waals surface area contributed by atoms with Crippen molar-refractivity contribution in [1.82, 2.24) is 0 Å². The van der Waals surface area contributed by atoms with Crippen molar-refractivity contribution in [2.45, 2.75) is 49.9 Å². The quantitative estimate of drug-likeness (QED) is 0.643. The summed E-state index contributed by atoms with van der Waals surface area (Å²) >= 11 is 0. The highest BCUT2D eigenvalue weighted by molar-refractivity contribution is 5.48. The lowest BCUT2D eigenvalue weighted by Gasteiger charge is -2.35. The molecule has 102 valence electrons. The molecule has 0 saturated heterocycles. The molecule has 2 aromatic carbocycles. The van der Waals surface area contributed by atoms with Crippen molar-refractivity contribution in [2.24, 2.45) is 0 Å². The second-order valence-corrected chi connectivity index (χ2v) is 6.60. The summed E-state index contributed by atoms with van der Waals surface area (Å²) in [6, 6.07) is 20.3. The van der Waals surface area contributed by atoms with Crippen LogP contribution < -0.4 is 0 Å². The minimum Gasteiger partial charge on any atom is -0.0622 e. The highest BCUT2D eigenvalue weighted by Crippen LogP contribution is 2.55. The van der Waals surface area contributed by atoms with Gasteiger partial charge in [0.2, 0.25) is 0 Å². The summed E-state index contributed by atoms with van der Waals surface area (Å²) < 4.78 is 0. The summed E-state index contributed by atoms with van der Waals surface area (Å²) in [5, 5.41) is 0. The van der Waals surface area contributed by atoms with E-state index < -0.39 is 0 Å². The standard InChI is InChI=1S/C20H22/c1-3-9-16(10-4-1)18-15-20(13-7-2-8-14-20)19-12-6-5-11-17(18)19/h1,3-6,9-12,18H,2,7-8,13-15H2. The van der Waals surface area contributed by atoms with Crippen LogP contribution in [-0.4, -0.2) is 0 Å². The highest BCUT2D eigenvalue weighted by Gasteiger charge is 2.44. The average Bonchev–Trinajstić information content (AvgIpc) is 2.84. The van der Waals surface area contributed by atoms with Gasteiger partial charge >= 0.3 is 0 Å². The van der Waals surface area contributed by atoms with Crippen molar-refractivity contribution in [1.29, 1.82) is 0 Å². The van der Waals surface area contributed by atoms with Crippen LogP contribution in [0.15, 0.2) is 54.6 Å². The predicted molar refractivity (Wildman–Crippen MR) is 84.1 cm³/mol. The molecule has 0 bridgehead atoms. The second-order valence-electron chi connectivity index (χ2n) is 6.60. The first kappa shape index (κ1) is 12.2. The lowest BCUT2D eigenvalue weighted by atomic mass is 9.69. The molecule has 1 unspecified atom stereocenters. The lowest BCUT2D eigenvalue weighted by molar-refractivity contribution is 0.285. The topological polar surface area (TPSA) is 0 Å². The van der Waals surface area contributed by atoms with Crippen molar-refractivity contribution in [3.8, 4) is 0 Å². The van der Waals surface area contributed by atoms with Crippen LogP contribution in [0.4, 0.5) is 0 Å². The molecule has 2 aromatic rings. The van der Waals surface area contributed by atoms with Crippen LogP contribution in [0.1, 0.15) is 61.1 Å². The maximum absolute atomic E-state index is 2.41. The van der Waals surface area contributed by atoms with E-state index in [4.69, 9.17) is 0 Å². The fourth-order valence-electron chi connectivity index (χ4n) is 4.58. The molecule has 0 radical (unpaired) electrons. The minimum absolute atomic E-state index is 0.481. The van der Waals surface area contributed by atoms with E-state index in [1.807, 2.05) is 0 Å². The van der Waals surface area contributed by atoms with Crippen molar-refractivity contribution in [3.63, 3.8) is 0 Å². The Bertz CT molecular complexity index is 590. The van der Waals surface area contributed by atoms with Gasteiger partial charge < -0.3 is 0 Å². The lowest BCUT2D eigenvalue weighted by Crippen LogP contribution is -2.26. The van der Waals surface area contributed by atoms with Crippen molar-refractivity contribution < 1.29 is 0 Å². The van der Waals surface area contributed by atoms with Crippen LogP contribution in [0, 0.1) is 0 Å². The molecule has 0 aromatic heterocycles. The van der Waals surface area contributed by atoms with Gasteiger partial charge in [-0.15, -0.1) is 0 Å². The van der Waals surface area contributed by atoms with E-state index in [2.05, 4.69) is 54.6 Å². The van der Waals surface area contributed by atoms with Gasteiger partial charge in [-0.05, 0) is 41.4 Å². The van der Waals surface area contributed by atoms with E-state index >= 15 is 0 Å². The normalized spacial score (nSPS) is 23.7. The molecule has 0 amide bonds. The second kappa shape index (κ2) is 4.77. The first-order valence-electron chi connectivity index (χ1n) is 8.03. The Labute approximate surface area is 121 Å². The average molecular weight is 262 g/mol.